The second-order valence-corrected chi connectivity index (χ2v) is 5.17. The zero-order chi connectivity index (χ0) is 11.5. The fourth-order valence-electron chi connectivity index (χ4n) is 1.61. The number of rotatable bonds is 3. The van der Waals surface area contributed by atoms with Crippen LogP contribution in [0, 0.1) is 19.7 Å². The monoisotopic (exact) mass is 235 g/mol. The lowest BCUT2D eigenvalue weighted by atomic mass is 10.2. The Labute approximate surface area is 98.9 Å². The van der Waals surface area contributed by atoms with Crippen molar-refractivity contribution >= 4 is 17.0 Å². The Morgan fingerprint density at radius 2 is 2.00 bits per heavy atom. The first kappa shape index (κ1) is 11.1. The Hall–Kier alpha value is -1.35. The maximum atomic E-state index is 13.5. The summed E-state index contributed by atoms with van der Waals surface area (Å²) < 4.78 is 13.5. The Balaban J connectivity index is 2.10. The third-order valence-electron chi connectivity index (χ3n) is 2.46. The molecule has 0 aliphatic rings. The molecule has 16 heavy (non-hydrogen) atoms. The van der Waals surface area contributed by atoms with Crippen molar-refractivity contribution in [3.8, 4) is 0 Å². The highest BCUT2D eigenvalue weighted by Crippen LogP contribution is 2.21. The van der Waals surface area contributed by atoms with Gasteiger partial charge in [0.15, 0.2) is 0 Å². The molecule has 1 aromatic heterocycles. The molecule has 0 aliphatic heterocycles. The summed E-state index contributed by atoms with van der Waals surface area (Å²) in [6.45, 7) is 4.66. The molecule has 84 valence electrons. The van der Waals surface area contributed by atoms with Gasteiger partial charge in [0.25, 0.3) is 0 Å². The molecule has 0 saturated heterocycles. The smallest absolute Gasteiger partial charge is 0.146 e. The molecule has 1 aromatic carbocycles. The van der Waals surface area contributed by atoms with E-state index in [0.29, 0.717) is 12.2 Å². The zero-order valence-electron chi connectivity index (χ0n) is 9.38. The summed E-state index contributed by atoms with van der Waals surface area (Å²) in [5, 5.41) is 3.15. The summed E-state index contributed by atoms with van der Waals surface area (Å²) in [7, 11) is 0. The standard InChI is InChI=1S/C13H14FNS/c1-9-4-3-5-12(14)13(9)15-8-11-7-6-10(2)16-11/h3-7,15H,8H2,1-2H3. The predicted molar refractivity (Wildman–Crippen MR) is 67.5 cm³/mol. The molecule has 2 rings (SSSR count). The van der Waals surface area contributed by atoms with E-state index in [1.54, 1.807) is 17.4 Å². The van der Waals surface area contributed by atoms with E-state index in [4.69, 9.17) is 0 Å². The van der Waals surface area contributed by atoms with Crippen LogP contribution in [0.25, 0.3) is 0 Å². The first-order valence-electron chi connectivity index (χ1n) is 5.21. The first-order valence-corrected chi connectivity index (χ1v) is 6.03. The molecule has 0 atom stereocenters. The molecule has 0 saturated carbocycles. The van der Waals surface area contributed by atoms with E-state index in [0.717, 1.165) is 5.56 Å². The van der Waals surface area contributed by atoms with Crippen molar-refractivity contribution in [2.75, 3.05) is 5.32 Å². The Morgan fingerprint density at radius 3 is 2.62 bits per heavy atom. The summed E-state index contributed by atoms with van der Waals surface area (Å²) in [5.41, 5.74) is 1.54. The average Bonchev–Trinajstić information content (AvgIpc) is 2.63. The molecule has 0 radical (unpaired) electrons. The van der Waals surface area contributed by atoms with Crippen molar-refractivity contribution in [2.45, 2.75) is 20.4 Å². The van der Waals surface area contributed by atoms with Crippen LogP contribution in [-0.4, -0.2) is 0 Å². The van der Waals surface area contributed by atoms with E-state index in [-0.39, 0.29) is 5.82 Å². The van der Waals surface area contributed by atoms with Gasteiger partial charge in [-0.05, 0) is 37.6 Å². The van der Waals surface area contributed by atoms with E-state index in [2.05, 4.69) is 24.4 Å². The van der Waals surface area contributed by atoms with Crippen LogP contribution in [0.15, 0.2) is 30.3 Å². The maximum absolute atomic E-state index is 13.5. The normalized spacial score (nSPS) is 10.4. The van der Waals surface area contributed by atoms with Crippen LogP contribution in [0.2, 0.25) is 0 Å². The van der Waals surface area contributed by atoms with Gasteiger partial charge in [-0.25, -0.2) is 4.39 Å². The lowest BCUT2D eigenvalue weighted by Crippen LogP contribution is -2.01. The van der Waals surface area contributed by atoms with Gasteiger partial charge in [-0.3, -0.25) is 0 Å². The van der Waals surface area contributed by atoms with E-state index in [9.17, 15) is 4.39 Å². The number of para-hydroxylation sites is 1. The molecule has 0 spiro atoms. The van der Waals surface area contributed by atoms with Gasteiger partial charge in [-0.2, -0.15) is 0 Å². The highest BCUT2D eigenvalue weighted by atomic mass is 32.1. The van der Waals surface area contributed by atoms with E-state index in [1.807, 2.05) is 13.0 Å². The van der Waals surface area contributed by atoms with Crippen LogP contribution in [0.5, 0.6) is 0 Å². The lowest BCUT2D eigenvalue weighted by Gasteiger charge is -2.09. The van der Waals surface area contributed by atoms with Gasteiger partial charge in [0.05, 0.1) is 5.69 Å². The zero-order valence-corrected chi connectivity index (χ0v) is 10.2. The number of halogens is 1. The van der Waals surface area contributed by atoms with Gasteiger partial charge in [-0.15, -0.1) is 11.3 Å². The highest BCUT2D eigenvalue weighted by Gasteiger charge is 2.04. The Morgan fingerprint density at radius 1 is 1.19 bits per heavy atom. The minimum atomic E-state index is -0.187. The summed E-state index contributed by atoms with van der Waals surface area (Å²) in [6, 6.07) is 9.27. The van der Waals surface area contributed by atoms with Crippen LogP contribution in [0.3, 0.4) is 0 Å². The number of thiophene rings is 1. The van der Waals surface area contributed by atoms with E-state index >= 15 is 0 Å². The maximum Gasteiger partial charge on any atom is 0.146 e. The molecule has 0 amide bonds. The van der Waals surface area contributed by atoms with Crippen LogP contribution in [-0.2, 0) is 6.54 Å². The van der Waals surface area contributed by atoms with Gasteiger partial charge in [0, 0.05) is 16.3 Å². The van der Waals surface area contributed by atoms with Crippen LogP contribution in [0.1, 0.15) is 15.3 Å². The van der Waals surface area contributed by atoms with Crippen LogP contribution >= 0.6 is 11.3 Å². The molecular formula is C13H14FNS. The lowest BCUT2D eigenvalue weighted by molar-refractivity contribution is 0.629. The van der Waals surface area contributed by atoms with Gasteiger partial charge in [0.2, 0.25) is 0 Å². The molecular weight excluding hydrogens is 221 g/mol. The van der Waals surface area contributed by atoms with Gasteiger partial charge < -0.3 is 5.32 Å². The van der Waals surface area contributed by atoms with Gasteiger partial charge in [0.1, 0.15) is 5.82 Å². The van der Waals surface area contributed by atoms with Crippen LogP contribution < -0.4 is 5.32 Å². The number of hydrogen-bond donors (Lipinski definition) is 1. The molecule has 0 aliphatic carbocycles. The SMILES string of the molecule is Cc1ccc(CNc2c(C)cccc2F)s1. The number of anilines is 1. The number of benzene rings is 1. The Kier molecular flexibility index (Phi) is 3.25. The van der Waals surface area contributed by atoms with Gasteiger partial charge >= 0.3 is 0 Å². The topological polar surface area (TPSA) is 12.0 Å². The first-order chi connectivity index (χ1) is 7.66. The van der Waals surface area contributed by atoms with Crippen molar-refractivity contribution in [3.63, 3.8) is 0 Å². The minimum Gasteiger partial charge on any atom is -0.378 e. The van der Waals surface area contributed by atoms with Crippen molar-refractivity contribution < 1.29 is 4.39 Å². The van der Waals surface area contributed by atoms with Crippen molar-refractivity contribution in [1.29, 1.82) is 0 Å². The van der Waals surface area contributed by atoms with Crippen molar-refractivity contribution in [3.05, 3.63) is 51.5 Å². The summed E-state index contributed by atoms with van der Waals surface area (Å²) >= 11 is 1.73. The minimum absolute atomic E-state index is 0.187. The number of nitrogens with one attached hydrogen (secondary N) is 1. The summed E-state index contributed by atoms with van der Waals surface area (Å²) in [4.78, 5) is 2.50. The fourth-order valence-corrected chi connectivity index (χ4v) is 2.44. The van der Waals surface area contributed by atoms with Gasteiger partial charge in [-0.1, -0.05) is 12.1 Å². The van der Waals surface area contributed by atoms with E-state index in [1.165, 1.54) is 15.8 Å². The third-order valence-corrected chi connectivity index (χ3v) is 3.46. The van der Waals surface area contributed by atoms with Crippen LogP contribution in [0.4, 0.5) is 10.1 Å². The molecule has 1 nitrogen and oxygen atoms in total. The fraction of sp³-hybridized carbons (Fsp3) is 0.231. The van der Waals surface area contributed by atoms with Crippen molar-refractivity contribution in [1.82, 2.24) is 0 Å². The van der Waals surface area contributed by atoms with E-state index < -0.39 is 0 Å². The summed E-state index contributed by atoms with van der Waals surface area (Å²) in [6.07, 6.45) is 0. The number of aryl methyl sites for hydroxylation is 2. The van der Waals surface area contributed by atoms with Crippen molar-refractivity contribution in [2.24, 2.45) is 0 Å². The molecule has 3 heteroatoms. The summed E-state index contributed by atoms with van der Waals surface area (Å²) in [5.74, 6) is -0.187. The number of hydrogen-bond acceptors (Lipinski definition) is 2. The molecule has 0 fully saturated rings. The molecule has 0 bridgehead atoms. The predicted octanol–water partition coefficient (Wildman–Crippen LogP) is 4.12. The average molecular weight is 235 g/mol. The Bertz CT molecular complexity index is 470. The molecule has 2 aromatic rings. The quantitative estimate of drug-likeness (QED) is 0.844. The largest absolute Gasteiger partial charge is 0.378 e. The molecule has 1 N–H and O–H groups in total. The third kappa shape index (κ3) is 2.42. The molecule has 1 heterocycles. The second-order valence-electron chi connectivity index (χ2n) is 3.80. The molecule has 0 unspecified atom stereocenters. The highest BCUT2D eigenvalue weighted by molar-refractivity contribution is 7.11. The second kappa shape index (κ2) is 4.66.